The molecule has 0 radical (unpaired) electrons. The van der Waals surface area contributed by atoms with Crippen LogP contribution in [-0.4, -0.2) is 27.9 Å². The first-order valence-corrected chi connectivity index (χ1v) is 8.81. The molecule has 1 aromatic rings. The van der Waals surface area contributed by atoms with E-state index in [0.717, 1.165) is 50.2 Å². The standard InChI is InChI=1S/C17H30N6/c1-12(2)7-8-20-15-11-17(19,13-3-5-14(18)6-4-13)22-23-10-9-21-16(15)23/h9-14,20,22H,3-8,18-19H2,1-2H3. The number of aromatic nitrogens is 2. The molecule has 2 aliphatic rings. The normalized spacial score (nSPS) is 30.6. The second kappa shape index (κ2) is 6.53. The molecule has 0 bridgehead atoms. The number of hydrogen-bond donors (Lipinski definition) is 4. The molecule has 0 spiro atoms. The van der Waals surface area contributed by atoms with Gasteiger partial charge in [-0.05, 0) is 44.1 Å². The third kappa shape index (κ3) is 3.53. The Kier molecular flexibility index (Phi) is 4.64. The smallest absolute Gasteiger partial charge is 0.174 e. The zero-order valence-corrected chi connectivity index (χ0v) is 14.3. The van der Waals surface area contributed by atoms with Crippen molar-refractivity contribution in [3.05, 3.63) is 24.3 Å². The van der Waals surface area contributed by atoms with Crippen LogP contribution in [0.2, 0.25) is 0 Å². The van der Waals surface area contributed by atoms with E-state index in [0.29, 0.717) is 17.9 Å². The monoisotopic (exact) mass is 318 g/mol. The average Bonchev–Trinajstić information content (AvgIpc) is 2.95. The molecule has 2 heterocycles. The summed E-state index contributed by atoms with van der Waals surface area (Å²) in [7, 11) is 0. The van der Waals surface area contributed by atoms with E-state index in [2.05, 4.69) is 35.7 Å². The summed E-state index contributed by atoms with van der Waals surface area (Å²) in [5.74, 6) is 1.97. The van der Waals surface area contributed by atoms with Gasteiger partial charge in [0, 0.05) is 30.9 Å². The van der Waals surface area contributed by atoms with Gasteiger partial charge in [-0.15, -0.1) is 0 Å². The van der Waals surface area contributed by atoms with Crippen molar-refractivity contribution in [1.29, 1.82) is 0 Å². The van der Waals surface area contributed by atoms with Crippen LogP contribution < -0.4 is 22.2 Å². The maximum Gasteiger partial charge on any atom is 0.174 e. The minimum Gasteiger partial charge on any atom is -0.382 e. The summed E-state index contributed by atoms with van der Waals surface area (Å²) in [6.45, 7) is 5.40. The third-order valence-electron chi connectivity index (χ3n) is 5.06. The molecule has 0 saturated heterocycles. The van der Waals surface area contributed by atoms with Crippen LogP contribution in [0, 0.1) is 11.8 Å². The number of fused-ring (bicyclic) bond motifs is 1. The van der Waals surface area contributed by atoms with E-state index < -0.39 is 5.66 Å². The fraction of sp³-hybridized carbons (Fsp3) is 0.706. The molecule has 0 amide bonds. The third-order valence-corrected chi connectivity index (χ3v) is 5.06. The van der Waals surface area contributed by atoms with Crippen molar-refractivity contribution in [3.8, 4) is 0 Å². The first-order valence-electron chi connectivity index (χ1n) is 8.81. The van der Waals surface area contributed by atoms with Crippen LogP contribution >= 0.6 is 0 Å². The predicted octanol–water partition coefficient (Wildman–Crippen LogP) is 1.59. The highest BCUT2D eigenvalue weighted by Crippen LogP contribution is 2.34. The van der Waals surface area contributed by atoms with Gasteiger partial charge in [-0.2, -0.15) is 0 Å². The van der Waals surface area contributed by atoms with Crippen LogP contribution in [0.3, 0.4) is 0 Å². The van der Waals surface area contributed by atoms with E-state index in [4.69, 9.17) is 11.5 Å². The molecule has 1 aliphatic heterocycles. The first-order chi connectivity index (χ1) is 11.0. The number of rotatable bonds is 5. The highest BCUT2D eigenvalue weighted by molar-refractivity contribution is 5.62. The molecule has 6 N–H and O–H groups in total. The summed E-state index contributed by atoms with van der Waals surface area (Å²) in [5.41, 5.74) is 16.7. The summed E-state index contributed by atoms with van der Waals surface area (Å²) < 4.78 is 1.95. The van der Waals surface area contributed by atoms with Gasteiger partial charge in [0.15, 0.2) is 5.82 Å². The lowest BCUT2D eigenvalue weighted by atomic mass is 9.78. The lowest BCUT2D eigenvalue weighted by Gasteiger charge is -2.42. The van der Waals surface area contributed by atoms with Crippen LogP contribution in [0.15, 0.2) is 18.5 Å². The zero-order chi connectivity index (χ0) is 16.4. The summed E-state index contributed by atoms with van der Waals surface area (Å²) in [6, 6.07) is 0.329. The second-order valence-electron chi connectivity index (χ2n) is 7.44. The largest absolute Gasteiger partial charge is 0.382 e. The zero-order valence-electron chi connectivity index (χ0n) is 14.3. The molecule has 1 saturated carbocycles. The molecule has 1 fully saturated rings. The van der Waals surface area contributed by atoms with E-state index in [-0.39, 0.29) is 0 Å². The van der Waals surface area contributed by atoms with Crippen LogP contribution in [0.1, 0.15) is 51.8 Å². The lowest BCUT2D eigenvalue weighted by Crippen LogP contribution is -2.59. The molecule has 1 aliphatic carbocycles. The first kappa shape index (κ1) is 16.3. The Labute approximate surface area is 138 Å². The van der Waals surface area contributed by atoms with Gasteiger partial charge in [-0.3, -0.25) is 0 Å². The maximum atomic E-state index is 6.76. The number of nitrogens with one attached hydrogen (secondary N) is 2. The lowest BCUT2D eigenvalue weighted by molar-refractivity contribution is 0.238. The average molecular weight is 318 g/mol. The molecule has 23 heavy (non-hydrogen) atoms. The number of nitrogens with two attached hydrogens (primary N) is 2. The molecular formula is C17H30N6. The Morgan fingerprint density at radius 2 is 2.13 bits per heavy atom. The highest BCUT2D eigenvalue weighted by atomic mass is 15.5. The quantitative estimate of drug-likeness (QED) is 0.661. The Bertz CT molecular complexity index is 555. The number of nitrogens with zero attached hydrogens (tertiary/aromatic N) is 2. The van der Waals surface area contributed by atoms with Crippen molar-refractivity contribution in [2.75, 3.05) is 12.0 Å². The maximum absolute atomic E-state index is 6.76. The fourth-order valence-electron chi connectivity index (χ4n) is 3.57. The summed E-state index contributed by atoms with van der Waals surface area (Å²) in [6.07, 6.45) is 11.2. The van der Waals surface area contributed by atoms with Crippen molar-refractivity contribution in [1.82, 2.24) is 15.0 Å². The van der Waals surface area contributed by atoms with Gasteiger partial charge in [0.05, 0.1) is 5.70 Å². The van der Waals surface area contributed by atoms with Gasteiger partial charge in [-0.25, -0.2) is 9.66 Å². The Balaban J connectivity index is 1.78. The highest BCUT2D eigenvalue weighted by Gasteiger charge is 2.39. The molecule has 1 atom stereocenters. The van der Waals surface area contributed by atoms with Gasteiger partial charge in [0.2, 0.25) is 0 Å². The van der Waals surface area contributed by atoms with Crippen LogP contribution in [-0.2, 0) is 0 Å². The Morgan fingerprint density at radius 3 is 2.83 bits per heavy atom. The molecule has 6 nitrogen and oxygen atoms in total. The molecule has 6 heteroatoms. The van der Waals surface area contributed by atoms with Crippen molar-refractivity contribution in [2.24, 2.45) is 23.3 Å². The topological polar surface area (TPSA) is 93.9 Å². The van der Waals surface area contributed by atoms with Crippen molar-refractivity contribution >= 4 is 5.70 Å². The van der Waals surface area contributed by atoms with Crippen molar-refractivity contribution in [3.63, 3.8) is 0 Å². The molecule has 1 unspecified atom stereocenters. The van der Waals surface area contributed by atoms with Crippen LogP contribution in [0.5, 0.6) is 0 Å². The Hall–Kier alpha value is -1.53. The summed E-state index contributed by atoms with van der Waals surface area (Å²) in [4.78, 5) is 4.45. The van der Waals surface area contributed by atoms with Gasteiger partial charge >= 0.3 is 0 Å². The van der Waals surface area contributed by atoms with Crippen LogP contribution in [0.25, 0.3) is 5.70 Å². The van der Waals surface area contributed by atoms with E-state index in [9.17, 15) is 0 Å². The van der Waals surface area contributed by atoms with Gasteiger partial charge in [0.1, 0.15) is 5.66 Å². The SMILES string of the molecule is CC(C)CCNC1=CC(N)(C2CCC(N)CC2)Nn2ccnc21. The van der Waals surface area contributed by atoms with E-state index in [1.54, 1.807) is 0 Å². The van der Waals surface area contributed by atoms with E-state index >= 15 is 0 Å². The molecule has 3 rings (SSSR count). The van der Waals surface area contributed by atoms with E-state index in [1.807, 2.05) is 17.1 Å². The van der Waals surface area contributed by atoms with Gasteiger partial charge in [0.25, 0.3) is 0 Å². The fourth-order valence-corrected chi connectivity index (χ4v) is 3.57. The second-order valence-corrected chi connectivity index (χ2v) is 7.44. The predicted molar refractivity (Wildman–Crippen MR) is 93.9 cm³/mol. The molecule has 0 aromatic carbocycles. The minimum absolute atomic E-state index is 0.329. The van der Waals surface area contributed by atoms with Crippen molar-refractivity contribution < 1.29 is 0 Å². The summed E-state index contributed by atoms with van der Waals surface area (Å²) in [5, 5.41) is 3.53. The van der Waals surface area contributed by atoms with Gasteiger partial charge < -0.3 is 22.2 Å². The van der Waals surface area contributed by atoms with Gasteiger partial charge in [-0.1, -0.05) is 13.8 Å². The van der Waals surface area contributed by atoms with E-state index in [1.165, 1.54) is 0 Å². The number of hydrogen-bond acceptors (Lipinski definition) is 5. The minimum atomic E-state index is -0.548. The van der Waals surface area contributed by atoms with Crippen molar-refractivity contribution in [2.45, 2.75) is 57.7 Å². The number of imidazole rings is 1. The molecule has 128 valence electrons. The molecule has 1 aromatic heterocycles. The van der Waals surface area contributed by atoms with Crippen LogP contribution in [0.4, 0.5) is 0 Å². The Morgan fingerprint density at radius 1 is 1.39 bits per heavy atom. The molecular weight excluding hydrogens is 288 g/mol. The summed E-state index contributed by atoms with van der Waals surface area (Å²) >= 11 is 0.